The summed E-state index contributed by atoms with van der Waals surface area (Å²) in [7, 11) is 0. The molecule has 0 radical (unpaired) electrons. The zero-order valence-electron chi connectivity index (χ0n) is 11.9. The number of hydrogen-bond acceptors (Lipinski definition) is 3. The van der Waals surface area contributed by atoms with Crippen LogP contribution in [0.5, 0.6) is 0 Å². The van der Waals surface area contributed by atoms with Crippen LogP contribution in [0.15, 0.2) is 18.2 Å². The van der Waals surface area contributed by atoms with Gasteiger partial charge in [-0.25, -0.2) is 0 Å². The quantitative estimate of drug-likeness (QED) is 0.905. The molecule has 2 bridgehead atoms. The first-order valence-electron chi connectivity index (χ1n) is 7.32. The molecule has 3 unspecified atom stereocenters. The van der Waals surface area contributed by atoms with Gasteiger partial charge in [-0.1, -0.05) is 23.8 Å². The normalized spacial score (nSPS) is 28.6. The molecule has 0 saturated carbocycles. The predicted octanol–water partition coefficient (Wildman–Crippen LogP) is 2.17. The van der Waals surface area contributed by atoms with Crippen molar-refractivity contribution in [2.45, 2.75) is 44.9 Å². The maximum absolute atomic E-state index is 6.42. The van der Waals surface area contributed by atoms with E-state index in [1.54, 1.807) is 0 Å². The Morgan fingerprint density at radius 1 is 1.26 bits per heavy atom. The molecule has 2 saturated heterocycles. The van der Waals surface area contributed by atoms with E-state index in [1.165, 1.54) is 29.5 Å². The van der Waals surface area contributed by atoms with Crippen LogP contribution in [0.2, 0.25) is 0 Å². The van der Waals surface area contributed by atoms with Gasteiger partial charge in [0.1, 0.15) is 0 Å². The van der Waals surface area contributed by atoms with Crippen molar-refractivity contribution in [2.24, 2.45) is 5.73 Å². The molecule has 0 aromatic heterocycles. The summed E-state index contributed by atoms with van der Waals surface area (Å²) < 4.78 is 5.88. The third-order valence-electron chi connectivity index (χ3n) is 4.41. The van der Waals surface area contributed by atoms with Crippen LogP contribution in [0.25, 0.3) is 0 Å². The van der Waals surface area contributed by atoms with Crippen LogP contribution in [0.4, 0.5) is 0 Å². The Hall–Kier alpha value is -0.900. The van der Waals surface area contributed by atoms with Gasteiger partial charge in [0, 0.05) is 25.7 Å². The molecule has 3 rings (SSSR count). The van der Waals surface area contributed by atoms with Crippen molar-refractivity contribution < 1.29 is 4.74 Å². The number of rotatable bonds is 3. The van der Waals surface area contributed by atoms with Gasteiger partial charge in [0.15, 0.2) is 0 Å². The maximum Gasteiger partial charge on any atom is 0.0707 e. The van der Waals surface area contributed by atoms with Gasteiger partial charge in [-0.15, -0.1) is 0 Å². The lowest BCUT2D eigenvalue weighted by molar-refractivity contribution is -0.0397. The second kappa shape index (κ2) is 5.23. The smallest absolute Gasteiger partial charge is 0.0707 e. The van der Waals surface area contributed by atoms with Crippen molar-refractivity contribution in [1.29, 1.82) is 0 Å². The number of morpholine rings is 1. The fourth-order valence-corrected chi connectivity index (χ4v) is 3.38. The lowest BCUT2D eigenvalue weighted by atomic mass is 9.99. The lowest BCUT2D eigenvalue weighted by Gasteiger charge is -2.34. The van der Waals surface area contributed by atoms with E-state index in [2.05, 4.69) is 36.9 Å². The largest absolute Gasteiger partial charge is 0.372 e. The molecule has 1 aromatic rings. The molecule has 3 heteroatoms. The highest BCUT2D eigenvalue weighted by Crippen LogP contribution is 2.27. The highest BCUT2D eigenvalue weighted by Gasteiger charge is 2.34. The molecular formula is C16H24N2O. The van der Waals surface area contributed by atoms with Gasteiger partial charge in [-0.3, -0.25) is 4.90 Å². The number of fused-ring (bicyclic) bond motifs is 2. The molecule has 2 fully saturated rings. The second-order valence-corrected chi connectivity index (χ2v) is 6.14. The summed E-state index contributed by atoms with van der Waals surface area (Å²) in [6.45, 7) is 7.33. The lowest BCUT2D eigenvalue weighted by Crippen LogP contribution is -2.45. The topological polar surface area (TPSA) is 38.5 Å². The number of nitrogens with zero attached hydrogens (tertiary/aromatic N) is 1. The zero-order chi connectivity index (χ0) is 13.4. The van der Waals surface area contributed by atoms with Crippen LogP contribution < -0.4 is 5.73 Å². The highest BCUT2D eigenvalue weighted by atomic mass is 16.5. The minimum Gasteiger partial charge on any atom is -0.372 e. The highest BCUT2D eigenvalue weighted by molar-refractivity contribution is 5.33. The summed E-state index contributed by atoms with van der Waals surface area (Å²) >= 11 is 0. The fourth-order valence-electron chi connectivity index (χ4n) is 3.38. The van der Waals surface area contributed by atoms with Crippen molar-refractivity contribution in [1.82, 2.24) is 4.90 Å². The molecule has 0 amide bonds. The van der Waals surface area contributed by atoms with Crippen LogP contribution >= 0.6 is 0 Å². The summed E-state index contributed by atoms with van der Waals surface area (Å²) in [6, 6.07) is 6.67. The molecule has 2 N–H and O–H groups in total. The molecular weight excluding hydrogens is 236 g/mol. The van der Waals surface area contributed by atoms with Crippen LogP contribution in [0.3, 0.4) is 0 Å². The van der Waals surface area contributed by atoms with Gasteiger partial charge in [-0.05, 0) is 37.8 Å². The first-order chi connectivity index (χ1) is 9.11. The van der Waals surface area contributed by atoms with Gasteiger partial charge in [0.25, 0.3) is 0 Å². The molecule has 2 aliphatic rings. The van der Waals surface area contributed by atoms with Crippen molar-refractivity contribution >= 4 is 0 Å². The molecule has 1 aromatic carbocycles. The van der Waals surface area contributed by atoms with Crippen molar-refractivity contribution in [3.05, 3.63) is 34.9 Å². The molecule has 19 heavy (non-hydrogen) atoms. The van der Waals surface area contributed by atoms with Crippen LogP contribution in [0.1, 0.15) is 35.6 Å². The second-order valence-electron chi connectivity index (χ2n) is 6.14. The molecule has 3 atom stereocenters. The Kier molecular flexibility index (Phi) is 3.61. The summed E-state index contributed by atoms with van der Waals surface area (Å²) in [5, 5.41) is 0. The molecule has 3 nitrogen and oxygen atoms in total. The van der Waals surface area contributed by atoms with E-state index in [0.717, 1.165) is 19.6 Å². The number of hydrogen-bond donors (Lipinski definition) is 1. The SMILES string of the molecule is Cc1ccc(C)c(C(N)CN2CC3CCC(C2)O3)c1. The molecule has 2 heterocycles. The number of aryl methyl sites for hydroxylation is 2. The Labute approximate surface area is 115 Å². The third-order valence-corrected chi connectivity index (χ3v) is 4.41. The van der Waals surface area contributed by atoms with Gasteiger partial charge >= 0.3 is 0 Å². The number of likely N-dealkylation sites (tertiary alicyclic amines) is 1. The number of ether oxygens (including phenoxy) is 1. The molecule has 104 valence electrons. The molecule has 2 aliphatic heterocycles. The van der Waals surface area contributed by atoms with E-state index in [9.17, 15) is 0 Å². The van der Waals surface area contributed by atoms with E-state index in [0.29, 0.717) is 12.2 Å². The van der Waals surface area contributed by atoms with E-state index in [1.807, 2.05) is 0 Å². The fraction of sp³-hybridized carbons (Fsp3) is 0.625. The Bertz CT molecular complexity index is 448. The van der Waals surface area contributed by atoms with Crippen LogP contribution in [-0.4, -0.2) is 36.7 Å². The van der Waals surface area contributed by atoms with Gasteiger partial charge in [0.05, 0.1) is 12.2 Å². The Balaban J connectivity index is 1.67. The van der Waals surface area contributed by atoms with Gasteiger partial charge in [0.2, 0.25) is 0 Å². The van der Waals surface area contributed by atoms with E-state index >= 15 is 0 Å². The summed E-state index contributed by atoms with van der Waals surface area (Å²) in [5.74, 6) is 0. The first kappa shape index (κ1) is 13.1. The van der Waals surface area contributed by atoms with E-state index < -0.39 is 0 Å². The van der Waals surface area contributed by atoms with Gasteiger partial charge in [-0.2, -0.15) is 0 Å². The summed E-state index contributed by atoms with van der Waals surface area (Å²) in [4.78, 5) is 2.48. The summed E-state index contributed by atoms with van der Waals surface area (Å²) in [5.41, 5.74) is 10.3. The van der Waals surface area contributed by atoms with Crippen molar-refractivity contribution in [2.75, 3.05) is 19.6 Å². The monoisotopic (exact) mass is 260 g/mol. The van der Waals surface area contributed by atoms with Crippen molar-refractivity contribution in [3.8, 4) is 0 Å². The predicted molar refractivity (Wildman–Crippen MR) is 77.2 cm³/mol. The number of nitrogens with two attached hydrogens (primary N) is 1. The summed E-state index contributed by atoms with van der Waals surface area (Å²) in [6.07, 6.45) is 3.34. The average Bonchev–Trinajstić information content (AvgIpc) is 2.71. The van der Waals surface area contributed by atoms with Gasteiger partial charge < -0.3 is 10.5 Å². The first-order valence-corrected chi connectivity index (χ1v) is 7.32. The van der Waals surface area contributed by atoms with Crippen LogP contribution in [-0.2, 0) is 4.74 Å². The molecule has 0 aliphatic carbocycles. The average molecular weight is 260 g/mol. The Morgan fingerprint density at radius 3 is 2.63 bits per heavy atom. The zero-order valence-corrected chi connectivity index (χ0v) is 11.9. The third kappa shape index (κ3) is 2.83. The standard InChI is InChI=1S/C16H24N2O/c1-11-3-4-12(2)15(7-11)16(17)10-18-8-13-5-6-14(9-18)19-13/h3-4,7,13-14,16H,5-6,8-10,17H2,1-2H3. The maximum atomic E-state index is 6.42. The van der Waals surface area contributed by atoms with Crippen LogP contribution in [0, 0.1) is 13.8 Å². The minimum atomic E-state index is 0.109. The Morgan fingerprint density at radius 2 is 1.95 bits per heavy atom. The van der Waals surface area contributed by atoms with E-state index in [-0.39, 0.29) is 6.04 Å². The van der Waals surface area contributed by atoms with Crippen molar-refractivity contribution in [3.63, 3.8) is 0 Å². The minimum absolute atomic E-state index is 0.109. The number of benzene rings is 1. The van der Waals surface area contributed by atoms with E-state index in [4.69, 9.17) is 10.5 Å². The molecule has 0 spiro atoms.